The summed E-state index contributed by atoms with van der Waals surface area (Å²) in [5.41, 5.74) is 1.53. The Balaban J connectivity index is 2.07. The van der Waals surface area contributed by atoms with Crippen molar-refractivity contribution < 1.29 is 15.0 Å². The number of nitrogens with zero attached hydrogens (tertiary/aromatic N) is 1. The van der Waals surface area contributed by atoms with E-state index in [4.69, 9.17) is 5.11 Å². The first-order valence-electron chi connectivity index (χ1n) is 6.11. The molecule has 98 valence electrons. The van der Waals surface area contributed by atoms with Gasteiger partial charge in [-0.2, -0.15) is 0 Å². The number of hydrogen-bond acceptors (Lipinski definition) is 4. The number of piperazine rings is 1. The monoisotopic (exact) mass is 250 g/mol. The smallest absolute Gasteiger partial charge is 0.307 e. The molecule has 5 nitrogen and oxygen atoms in total. The SMILES string of the molecule is O=C(O)Cc1ccc(O)c(CN2CCNCC2)c1. The van der Waals surface area contributed by atoms with Gasteiger partial charge in [-0.25, -0.2) is 0 Å². The molecule has 18 heavy (non-hydrogen) atoms. The lowest BCUT2D eigenvalue weighted by molar-refractivity contribution is -0.136. The minimum atomic E-state index is -0.853. The van der Waals surface area contributed by atoms with Crippen molar-refractivity contribution in [3.8, 4) is 5.75 Å². The third-order valence-corrected chi connectivity index (χ3v) is 3.10. The van der Waals surface area contributed by atoms with Crippen LogP contribution in [0.3, 0.4) is 0 Å². The second-order valence-electron chi connectivity index (χ2n) is 4.56. The molecule has 5 heteroatoms. The molecule has 0 unspecified atom stereocenters. The van der Waals surface area contributed by atoms with Gasteiger partial charge in [0.1, 0.15) is 5.75 Å². The highest BCUT2D eigenvalue weighted by Crippen LogP contribution is 2.21. The van der Waals surface area contributed by atoms with Crippen LogP contribution in [-0.2, 0) is 17.8 Å². The Labute approximate surface area is 106 Å². The number of aliphatic carboxylic acids is 1. The molecule has 0 atom stereocenters. The summed E-state index contributed by atoms with van der Waals surface area (Å²) in [6.07, 6.45) is -0.00512. The van der Waals surface area contributed by atoms with Crippen LogP contribution in [0.2, 0.25) is 0 Å². The third kappa shape index (κ3) is 3.45. The van der Waals surface area contributed by atoms with Crippen LogP contribution in [0, 0.1) is 0 Å². The fourth-order valence-electron chi connectivity index (χ4n) is 2.16. The van der Waals surface area contributed by atoms with E-state index in [1.807, 2.05) is 0 Å². The maximum atomic E-state index is 10.7. The maximum absolute atomic E-state index is 10.7. The average Bonchev–Trinajstić information content (AvgIpc) is 2.34. The summed E-state index contributed by atoms with van der Waals surface area (Å²) < 4.78 is 0. The molecule has 0 saturated carbocycles. The molecule has 1 saturated heterocycles. The third-order valence-electron chi connectivity index (χ3n) is 3.10. The van der Waals surface area contributed by atoms with E-state index in [2.05, 4.69) is 10.2 Å². The summed E-state index contributed by atoms with van der Waals surface area (Å²) in [7, 11) is 0. The lowest BCUT2D eigenvalue weighted by Gasteiger charge is -2.27. The molecule has 3 N–H and O–H groups in total. The molecular weight excluding hydrogens is 232 g/mol. The zero-order chi connectivity index (χ0) is 13.0. The van der Waals surface area contributed by atoms with Crippen molar-refractivity contribution in [1.82, 2.24) is 10.2 Å². The van der Waals surface area contributed by atoms with Crippen LogP contribution in [0.15, 0.2) is 18.2 Å². The van der Waals surface area contributed by atoms with Crippen molar-refractivity contribution in [2.45, 2.75) is 13.0 Å². The molecule has 1 aliphatic heterocycles. The molecule has 1 aromatic rings. The van der Waals surface area contributed by atoms with Gasteiger partial charge < -0.3 is 15.5 Å². The summed E-state index contributed by atoms with van der Waals surface area (Å²) in [5.74, 6) is -0.614. The number of rotatable bonds is 4. The van der Waals surface area contributed by atoms with Crippen molar-refractivity contribution >= 4 is 5.97 Å². The molecule has 1 aromatic carbocycles. The Morgan fingerprint density at radius 1 is 1.33 bits per heavy atom. The lowest BCUT2D eigenvalue weighted by atomic mass is 10.1. The maximum Gasteiger partial charge on any atom is 0.307 e. The lowest BCUT2D eigenvalue weighted by Crippen LogP contribution is -2.42. The van der Waals surface area contributed by atoms with E-state index in [-0.39, 0.29) is 12.2 Å². The van der Waals surface area contributed by atoms with Gasteiger partial charge in [-0.15, -0.1) is 0 Å². The van der Waals surface area contributed by atoms with E-state index < -0.39 is 5.97 Å². The fourth-order valence-corrected chi connectivity index (χ4v) is 2.16. The van der Waals surface area contributed by atoms with Crippen LogP contribution in [0.1, 0.15) is 11.1 Å². The number of carboxylic acid groups (broad SMARTS) is 1. The summed E-state index contributed by atoms with van der Waals surface area (Å²) in [6, 6.07) is 5.02. The van der Waals surface area contributed by atoms with Crippen LogP contribution in [-0.4, -0.2) is 47.3 Å². The Hall–Kier alpha value is -1.59. The van der Waals surface area contributed by atoms with Crippen LogP contribution in [0.5, 0.6) is 5.75 Å². The molecule has 0 bridgehead atoms. The van der Waals surface area contributed by atoms with Crippen molar-refractivity contribution in [3.63, 3.8) is 0 Å². The van der Waals surface area contributed by atoms with E-state index >= 15 is 0 Å². The number of phenolic OH excluding ortho intramolecular Hbond substituents is 1. The number of benzene rings is 1. The molecule has 0 amide bonds. The van der Waals surface area contributed by atoms with Gasteiger partial charge in [0.2, 0.25) is 0 Å². The van der Waals surface area contributed by atoms with Gasteiger partial charge in [0, 0.05) is 38.3 Å². The van der Waals surface area contributed by atoms with Crippen molar-refractivity contribution in [1.29, 1.82) is 0 Å². The van der Waals surface area contributed by atoms with Gasteiger partial charge in [0.15, 0.2) is 0 Å². The summed E-state index contributed by atoms with van der Waals surface area (Å²) in [6.45, 7) is 4.47. The highest BCUT2D eigenvalue weighted by Gasteiger charge is 2.13. The second kappa shape index (κ2) is 5.84. The van der Waals surface area contributed by atoms with Crippen LogP contribution >= 0.6 is 0 Å². The predicted molar refractivity (Wildman–Crippen MR) is 67.6 cm³/mol. The fraction of sp³-hybridized carbons (Fsp3) is 0.462. The summed E-state index contributed by atoms with van der Waals surface area (Å²) in [5, 5.41) is 21.8. The zero-order valence-corrected chi connectivity index (χ0v) is 10.2. The summed E-state index contributed by atoms with van der Waals surface area (Å²) in [4.78, 5) is 12.9. The first kappa shape index (κ1) is 12.9. The Morgan fingerprint density at radius 3 is 2.72 bits per heavy atom. The molecule has 0 aromatic heterocycles. The van der Waals surface area contributed by atoms with Gasteiger partial charge in [0.25, 0.3) is 0 Å². The molecule has 1 heterocycles. The number of phenols is 1. The van der Waals surface area contributed by atoms with Crippen molar-refractivity contribution in [2.24, 2.45) is 0 Å². The Kier molecular flexibility index (Phi) is 4.17. The number of hydrogen-bond donors (Lipinski definition) is 3. The van der Waals surface area contributed by atoms with Gasteiger partial charge >= 0.3 is 5.97 Å². The topological polar surface area (TPSA) is 72.8 Å². The molecule has 1 fully saturated rings. The normalized spacial score (nSPS) is 16.7. The van der Waals surface area contributed by atoms with E-state index in [0.29, 0.717) is 6.54 Å². The van der Waals surface area contributed by atoms with Crippen LogP contribution < -0.4 is 5.32 Å². The predicted octanol–water partition coefficient (Wildman–Crippen LogP) is 0.424. The number of aromatic hydroxyl groups is 1. The second-order valence-corrected chi connectivity index (χ2v) is 4.56. The minimum Gasteiger partial charge on any atom is -0.508 e. The van der Waals surface area contributed by atoms with E-state index in [1.165, 1.54) is 0 Å². The number of nitrogens with one attached hydrogen (secondary N) is 1. The zero-order valence-electron chi connectivity index (χ0n) is 10.2. The van der Waals surface area contributed by atoms with Gasteiger partial charge in [-0.1, -0.05) is 12.1 Å². The first-order chi connectivity index (χ1) is 8.65. The first-order valence-corrected chi connectivity index (χ1v) is 6.11. The number of carbonyl (C=O) groups is 1. The van der Waals surface area contributed by atoms with E-state index in [1.54, 1.807) is 18.2 Å². The molecule has 1 aliphatic rings. The van der Waals surface area contributed by atoms with Crippen molar-refractivity contribution in [3.05, 3.63) is 29.3 Å². The van der Waals surface area contributed by atoms with Gasteiger partial charge in [-0.05, 0) is 11.6 Å². The largest absolute Gasteiger partial charge is 0.508 e. The highest BCUT2D eigenvalue weighted by atomic mass is 16.4. The number of carboxylic acids is 1. The van der Waals surface area contributed by atoms with Gasteiger partial charge in [0.05, 0.1) is 6.42 Å². The molecular formula is C13H18N2O3. The molecule has 0 spiro atoms. The van der Waals surface area contributed by atoms with E-state index in [9.17, 15) is 9.90 Å². The summed E-state index contributed by atoms with van der Waals surface area (Å²) >= 11 is 0. The minimum absolute atomic E-state index is 0.00512. The quantitative estimate of drug-likeness (QED) is 0.722. The van der Waals surface area contributed by atoms with Gasteiger partial charge in [-0.3, -0.25) is 9.69 Å². The average molecular weight is 250 g/mol. The van der Waals surface area contributed by atoms with Crippen LogP contribution in [0.25, 0.3) is 0 Å². The Morgan fingerprint density at radius 2 is 2.06 bits per heavy atom. The Bertz CT molecular complexity index is 428. The van der Waals surface area contributed by atoms with Crippen molar-refractivity contribution in [2.75, 3.05) is 26.2 Å². The van der Waals surface area contributed by atoms with E-state index in [0.717, 1.165) is 37.3 Å². The molecule has 0 aliphatic carbocycles. The highest BCUT2D eigenvalue weighted by molar-refractivity contribution is 5.70. The molecule has 2 rings (SSSR count). The molecule has 0 radical (unpaired) electrons. The van der Waals surface area contributed by atoms with Crippen LogP contribution in [0.4, 0.5) is 0 Å². The standard InChI is InChI=1S/C13H18N2O3/c16-12-2-1-10(8-13(17)18)7-11(12)9-15-5-3-14-4-6-15/h1-2,7,14,16H,3-6,8-9H2,(H,17,18).